The summed E-state index contributed by atoms with van der Waals surface area (Å²) in [6, 6.07) is 14.1. The first kappa shape index (κ1) is 15.0. The van der Waals surface area contributed by atoms with Crippen molar-refractivity contribution in [1.29, 1.82) is 0 Å². The topological polar surface area (TPSA) is 12.0 Å². The van der Waals surface area contributed by atoms with E-state index in [0.717, 1.165) is 5.69 Å². The number of hydrogen-bond donors (Lipinski definition) is 1. The van der Waals surface area contributed by atoms with Gasteiger partial charge < -0.3 is 5.32 Å². The maximum atomic E-state index is 6.21. The lowest BCUT2D eigenvalue weighted by molar-refractivity contribution is 0.909. The van der Waals surface area contributed by atoms with E-state index in [1.807, 2.05) is 6.07 Å². The van der Waals surface area contributed by atoms with Gasteiger partial charge in [0.2, 0.25) is 0 Å². The minimum atomic E-state index is 0.136. The van der Waals surface area contributed by atoms with Crippen molar-refractivity contribution in [3.8, 4) is 0 Å². The molecular formula is C16H12Cl3NS. The van der Waals surface area contributed by atoms with E-state index >= 15 is 0 Å². The van der Waals surface area contributed by atoms with E-state index < -0.39 is 0 Å². The maximum Gasteiger partial charge on any atom is 0.0653 e. The van der Waals surface area contributed by atoms with Gasteiger partial charge >= 0.3 is 0 Å². The Hall–Kier alpha value is -0.930. The summed E-state index contributed by atoms with van der Waals surface area (Å²) in [7, 11) is 0. The van der Waals surface area contributed by atoms with Crippen LogP contribution in [0, 0.1) is 0 Å². The molecule has 0 radical (unpaired) electrons. The Kier molecular flexibility index (Phi) is 4.32. The van der Waals surface area contributed by atoms with Crippen LogP contribution in [0.25, 0.3) is 10.1 Å². The van der Waals surface area contributed by atoms with Crippen LogP contribution in [0.1, 0.15) is 17.8 Å². The van der Waals surface area contributed by atoms with Gasteiger partial charge in [0.25, 0.3) is 0 Å². The van der Waals surface area contributed by atoms with Crippen LogP contribution in [-0.2, 0) is 0 Å². The third-order valence-electron chi connectivity index (χ3n) is 3.25. The van der Waals surface area contributed by atoms with Gasteiger partial charge in [0.1, 0.15) is 0 Å². The first-order valence-corrected chi connectivity index (χ1v) is 8.39. The summed E-state index contributed by atoms with van der Waals surface area (Å²) in [6.07, 6.45) is 0. The quantitative estimate of drug-likeness (QED) is 0.496. The molecule has 1 nitrogen and oxygen atoms in total. The Morgan fingerprint density at radius 2 is 1.67 bits per heavy atom. The molecular weight excluding hydrogens is 345 g/mol. The van der Waals surface area contributed by atoms with E-state index in [0.29, 0.717) is 15.1 Å². The van der Waals surface area contributed by atoms with Crippen molar-refractivity contribution in [2.75, 3.05) is 5.32 Å². The number of benzene rings is 2. The molecule has 0 spiro atoms. The molecule has 1 unspecified atom stereocenters. The Balaban J connectivity index is 1.89. The van der Waals surface area contributed by atoms with Gasteiger partial charge in [-0.2, -0.15) is 0 Å². The number of anilines is 1. The smallest absolute Gasteiger partial charge is 0.0653 e. The summed E-state index contributed by atoms with van der Waals surface area (Å²) in [4.78, 5) is 1.25. The second-order valence-electron chi connectivity index (χ2n) is 4.80. The van der Waals surface area contributed by atoms with Crippen LogP contribution in [0.15, 0.2) is 42.5 Å². The van der Waals surface area contributed by atoms with Crippen molar-refractivity contribution in [3.63, 3.8) is 0 Å². The minimum Gasteiger partial charge on any atom is -0.376 e. The highest BCUT2D eigenvalue weighted by Gasteiger charge is 2.12. The van der Waals surface area contributed by atoms with Crippen molar-refractivity contribution < 1.29 is 0 Å². The molecule has 21 heavy (non-hydrogen) atoms. The Labute approximate surface area is 142 Å². The third-order valence-corrected chi connectivity index (χ3v) is 5.59. The predicted molar refractivity (Wildman–Crippen MR) is 95.3 cm³/mol. The monoisotopic (exact) mass is 355 g/mol. The van der Waals surface area contributed by atoms with E-state index in [4.69, 9.17) is 34.8 Å². The number of nitrogens with one attached hydrogen (secondary N) is 1. The summed E-state index contributed by atoms with van der Waals surface area (Å²) in [6.45, 7) is 2.10. The first-order valence-electron chi connectivity index (χ1n) is 6.44. The number of thiophene rings is 1. The van der Waals surface area contributed by atoms with Crippen molar-refractivity contribution in [2.24, 2.45) is 0 Å². The molecule has 5 heteroatoms. The van der Waals surface area contributed by atoms with Gasteiger partial charge in [0.15, 0.2) is 0 Å². The minimum absolute atomic E-state index is 0.136. The Morgan fingerprint density at radius 3 is 2.43 bits per heavy atom. The molecule has 0 aliphatic rings. The molecule has 0 fully saturated rings. The summed E-state index contributed by atoms with van der Waals surface area (Å²) in [5.74, 6) is 0. The number of rotatable bonds is 3. The molecule has 0 amide bonds. The standard InChI is InChI=1S/C16H12Cl3NS/c1-9(16-6-10-4-2-3-5-15(10)21-16)20-14-8-12(18)11(17)7-13(14)19/h2-9,20H,1H3. The van der Waals surface area contributed by atoms with Crippen LogP contribution in [0.4, 0.5) is 5.69 Å². The highest BCUT2D eigenvalue weighted by atomic mass is 35.5. The SMILES string of the molecule is CC(Nc1cc(Cl)c(Cl)cc1Cl)c1cc2ccccc2s1. The summed E-state index contributed by atoms with van der Waals surface area (Å²) in [5, 5.41) is 6.17. The van der Waals surface area contributed by atoms with Gasteiger partial charge in [0.05, 0.1) is 26.8 Å². The van der Waals surface area contributed by atoms with E-state index in [-0.39, 0.29) is 6.04 Å². The van der Waals surface area contributed by atoms with Crippen molar-refractivity contribution >= 4 is 61.9 Å². The van der Waals surface area contributed by atoms with Gasteiger partial charge in [-0.25, -0.2) is 0 Å². The van der Waals surface area contributed by atoms with Crippen molar-refractivity contribution in [1.82, 2.24) is 0 Å². The van der Waals surface area contributed by atoms with Gasteiger partial charge in [0, 0.05) is 9.58 Å². The Morgan fingerprint density at radius 1 is 0.952 bits per heavy atom. The first-order chi connectivity index (χ1) is 10.0. The average molecular weight is 357 g/mol. The third kappa shape index (κ3) is 3.14. The second-order valence-corrected chi connectivity index (χ2v) is 7.14. The highest BCUT2D eigenvalue weighted by molar-refractivity contribution is 7.19. The molecule has 0 aliphatic heterocycles. The predicted octanol–water partition coefficient (Wildman–Crippen LogP) is 7.03. The van der Waals surface area contributed by atoms with Crippen LogP contribution >= 0.6 is 46.1 Å². The molecule has 1 heterocycles. The van der Waals surface area contributed by atoms with E-state index in [2.05, 4.69) is 36.5 Å². The number of halogens is 3. The zero-order valence-electron chi connectivity index (χ0n) is 11.2. The lowest BCUT2D eigenvalue weighted by atomic mass is 10.2. The van der Waals surface area contributed by atoms with Crippen LogP contribution in [-0.4, -0.2) is 0 Å². The highest BCUT2D eigenvalue weighted by Crippen LogP contribution is 2.36. The lowest BCUT2D eigenvalue weighted by Gasteiger charge is -2.15. The molecule has 0 bridgehead atoms. The molecule has 3 rings (SSSR count). The van der Waals surface area contributed by atoms with Crippen LogP contribution in [0.2, 0.25) is 15.1 Å². The van der Waals surface area contributed by atoms with Gasteiger partial charge in [-0.15, -0.1) is 11.3 Å². The molecule has 0 saturated carbocycles. The normalized spacial score (nSPS) is 12.6. The van der Waals surface area contributed by atoms with Crippen molar-refractivity contribution in [2.45, 2.75) is 13.0 Å². The zero-order valence-corrected chi connectivity index (χ0v) is 14.2. The zero-order chi connectivity index (χ0) is 15.0. The number of fused-ring (bicyclic) bond motifs is 1. The molecule has 1 atom stereocenters. The molecule has 3 aromatic rings. The van der Waals surface area contributed by atoms with Crippen molar-refractivity contribution in [3.05, 3.63) is 62.4 Å². The van der Waals surface area contributed by atoms with Crippen LogP contribution < -0.4 is 5.32 Å². The fourth-order valence-electron chi connectivity index (χ4n) is 2.15. The van der Waals surface area contributed by atoms with E-state index in [1.165, 1.54) is 15.0 Å². The molecule has 0 aliphatic carbocycles. The summed E-state index contributed by atoms with van der Waals surface area (Å²) in [5.41, 5.74) is 0.788. The summed E-state index contributed by atoms with van der Waals surface area (Å²) >= 11 is 20.0. The van der Waals surface area contributed by atoms with E-state index in [1.54, 1.807) is 23.5 Å². The fraction of sp³-hybridized carbons (Fsp3) is 0.125. The summed E-state index contributed by atoms with van der Waals surface area (Å²) < 4.78 is 1.28. The average Bonchev–Trinajstić information content (AvgIpc) is 2.88. The van der Waals surface area contributed by atoms with Gasteiger partial charge in [-0.1, -0.05) is 53.0 Å². The molecule has 1 N–H and O–H groups in total. The molecule has 2 aromatic carbocycles. The lowest BCUT2D eigenvalue weighted by Crippen LogP contribution is -2.05. The molecule has 108 valence electrons. The van der Waals surface area contributed by atoms with Gasteiger partial charge in [-0.3, -0.25) is 0 Å². The molecule has 1 aromatic heterocycles. The van der Waals surface area contributed by atoms with Crippen LogP contribution in [0.3, 0.4) is 0 Å². The van der Waals surface area contributed by atoms with E-state index in [9.17, 15) is 0 Å². The van der Waals surface area contributed by atoms with Crippen LogP contribution in [0.5, 0.6) is 0 Å². The van der Waals surface area contributed by atoms with Gasteiger partial charge in [-0.05, 0) is 36.6 Å². The maximum absolute atomic E-state index is 6.21. The second kappa shape index (κ2) is 6.05. The largest absolute Gasteiger partial charge is 0.376 e. The fourth-order valence-corrected chi connectivity index (χ4v) is 3.82. The number of hydrogen-bond acceptors (Lipinski definition) is 2. The Bertz CT molecular complexity index is 764. The molecule has 0 saturated heterocycles.